The molecule has 0 aliphatic heterocycles. The minimum Gasteiger partial charge on any atom is -0.480 e. The zero-order valence-electron chi connectivity index (χ0n) is 15.8. The van der Waals surface area contributed by atoms with E-state index in [9.17, 15) is 24.0 Å². The van der Waals surface area contributed by atoms with E-state index in [4.69, 9.17) is 16.6 Å². The molecule has 0 aliphatic rings. The average Bonchev–Trinajstić information content (AvgIpc) is 2.59. The van der Waals surface area contributed by atoms with Gasteiger partial charge in [0, 0.05) is 6.42 Å². The summed E-state index contributed by atoms with van der Waals surface area (Å²) < 4.78 is 0. The van der Waals surface area contributed by atoms with Gasteiger partial charge >= 0.3 is 5.97 Å². The number of amides is 4. The normalized spacial score (nSPS) is 15.0. The van der Waals surface area contributed by atoms with E-state index in [1.165, 1.54) is 6.92 Å². The van der Waals surface area contributed by atoms with Crippen LogP contribution in [0.25, 0.3) is 0 Å². The van der Waals surface area contributed by atoms with E-state index in [2.05, 4.69) is 16.0 Å². The van der Waals surface area contributed by atoms with E-state index >= 15 is 0 Å². The molecule has 0 spiro atoms. The third-order valence-corrected chi connectivity index (χ3v) is 3.94. The predicted octanol–water partition coefficient (Wildman–Crippen LogP) is -2.18. The van der Waals surface area contributed by atoms with Crippen molar-refractivity contribution in [2.75, 3.05) is 6.54 Å². The SMILES string of the molecule is CCC(C)C(NC(=O)CNC(=O)C(CCC(N)=O)NC(=O)C(C)N)C(=O)O. The number of carbonyl (C=O) groups excluding carboxylic acids is 4. The van der Waals surface area contributed by atoms with Crippen LogP contribution in [-0.4, -0.2) is 59.4 Å². The summed E-state index contributed by atoms with van der Waals surface area (Å²) in [6.45, 7) is 4.41. The van der Waals surface area contributed by atoms with Crippen LogP contribution >= 0.6 is 0 Å². The molecular formula is C16H29N5O6. The zero-order chi connectivity index (χ0) is 21.1. The quantitative estimate of drug-likeness (QED) is 0.219. The van der Waals surface area contributed by atoms with Gasteiger partial charge in [-0.05, 0) is 19.3 Å². The molecule has 0 aromatic carbocycles. The van der Waals surface area contributed by atoms with Crippen LogP contribution in [0.3, 0.4) is 0 Å². The van der Waals surface area contributed by atoms with Crippen LogP contribution < -0.4 is 27.4 Å². The fourth-order valence-corrected chi connectivity index (χ4v) is 2.06. The molecule has 0 aromatic rings. The summed E-state index contributed by atoms with van der Waals surface area (Å²) in [5.41, 5.74) is 10.5. The highest BCUT2D eigenvalue weighted by Crippen LogP contribution is 2.07. The number of primary amides is 1. The molecule has 154 valence electrons. The summed E-state index contributed by atoms with van der Waals surface area (Å²) in [4.78, 5) is 58.0. The molecule has 4 amide bonds. The maximum atomic E-state index is 12.2. The number of nitrogens with two attached hydrogens (primary N) is 2. The van der Waals surface area contributed by atoms with Gasteiger partial charge in [-0.2, -0.15) is 0 Å². The average molecular weight is 387 g/mol. The van der Waals surface area contributed by atoms with Crippen molar-refractivity contribution in [1.82, 2.24) is 16.0 Å². The Bertz CT molecular complexity index is 566. The number of hydrogen-bond donors (Lipinski definition) is 6. The van der Waals surface area contributed by atoms with Crippen molar-refractivity contribution >= 4 is 29.6 Å². The van der Waals surface area contributed by atoms with Crippen molar-refractivity contribution in [2.45, 2.75) is 58.2 Å². The van der Waals surface area contributed by atoms with Crippen molar-refractivity contribution < 1.29 is 29.1 Å². The Balaban J connectivity index is 4.81. The molecule has 27 heavy (non-hydrogen) atoms. The molecular weight excluding hydrogens is 358 g/mol. The predicted molar refractivity (Wildman–Crippen MR) is 96.0 cm³/mol. The van der Waals surface area contributed by atoms with Gasteiger partial charge in [-0.1, -0.05) is 20.3 Å². The number of carboxylic acids is 1. The lowest BCUT2D eigenvalue weighted by atomic mass is 9.99. The molecule has 4 atom stereocenters. The van der Waals surface area contributed by atoms with Gasteiger partial charge in [0.2, 0.25) is 23.6 Å². The maximum Gasteiger partial charge on any atom is 0.326 e. The third kappa shape index (κ3) is 9.54. The number of aliphatic carboxylic acids is 1. The van der Waals surface area contributed by atoms with Crippen molar-refractivity contribution in [3.05, 3.63) is 0 Å². The molecule has 0 bridgehead atoms. The molecule has 0 aromatic heterocycles. The molecule has 0 rings (SSSR count). The lowest BCUT2D eigenvalue weighted by Gasteiger charge is -2.21. The number of carbonyl (C=O) groups is 5. The Morgan fingerprint density at radius 1 is 1.04 bits per heavy atom. The molecule has 8 N–H and O–H groups in total. The number of nitrogens with one attached hydrogen (secondary N) is 3. The highest BCUT2D eigenvalue weighted by Gasteiger charge is 2.26. The fourth-order valence-electron chi connectivity index (χ4n) is 2.06. The van der Waals surface area contributed by atoms with Gasteiger partial charge in [-0.15, -0.1) is 0 Å². The Morgan fingerprint density at radius 2 is 1.63 bits per heavy atom. The molecule has 4 unspecified atom stereocenters. The second kappa shape index (κ2) is 11.8. The van der Waals surface area contributed by atoms with E-state index < -0.39 is 54.3 Å². The second-order valence-corrected chi connectivity index (χ2v) is 6.34. The van der Waals surface area contributed by atoms with Crippen LogP contribution in [0.15, 0.2) is 0 Å². The summed E-state index contributed by atoms with van der Waals surface area (Å²) >= 11 is 0. The molecule has 0 radical (unpaired) electrons. The van der Waals surface area contributed by atoms with Crippen molar-refractivity contribution in [2.24, 2.45) is 17.4 Å². The summed E-state index contributed by atoms with van der Waals surface area (Å²) in [5, 5.41) is 16.2. The van der Waals surface area contributed by atoms with Crippen LogP contribution in [0.1, 0.15) is 40.0 Å². The van der Waals surface area contributed by atoms with Crippen LogP contribution in [-0.2, 0) is 24.0 Å². The molecule has 0 fully saturated rings. The van der Waals surface area contributed by atoms with Gasteiger partial charge in [-0.3, -0.25) is 19.2 Å². The molecule has 0 heterocycles. The highest BCUT2D eigenvalue weighted by atomic mass is 16.4. The van der Waals surface area contributed by atoms with Crippen molar-refractivity contribution in [1.29, 1.82) is 0 Å². The molecule has 11 nitrogen and oxygen atoms in total. The zero-order valence-corrected chi connectivity index (χ0v) is 15.8. The van der Waals surface area contributed by atoms with Gasteiger partial charge in [0.15, 0.2) is 0 Å². The number of carboxylic acid groups (broad SMARTS) is 1. The first kappa shape index (κ1) is 24.3. The number of hydrogen-bond acceptors (Lipinski definition) is 6. The first-order chi connectivity index (χ1) is 12.5. The van der Waals surface area contributed by atoms with E-state index in [0.717, 1.165) is 0 Å². The Hall–Kier alpha value is -2.69. The van der Waals surface area contributed by atoms with Crippen LogP contribution in [0.5, 0.6) is 0 Å². The summed E-state index contributed by atoms with van der Waals surface area (Å²) in [5.74, 6) is -4.13. The lowest BCUT2D eigenvalue weighted by molar-refractivity contribution is -0.143. The van der Waals surface area contributed by atoms with E-state index in [-0.39, 0.29) is 18.8 Å². The molecule has 0 saturated carbocycles. The Kier molecular flexibility index (Phi) is 10.7. The van der Waals surface area contributed by atoms with E-state index in [1.54, 1.807) is 13.8 Å². The summed E-state index contributed by atoms with van der Waals surface area (Å²) in [7, 11) is 0. The smallest absolute Gasteiger partial charge is 0.326 e. The second-order valence-electron chi connectivity index (χ2n) is 6.34. The summed E-state index contributed by atoms with van der Waals surface area (Å²) in [6, 6.07) is -3.06. The van der Waals surface area contributed by atoms with Gasteiger partial charge < -0.3 is 32.5 Å². The first-order valence-corrected chi connectivity index (χ1v) is 8.63. The van der Waals surface area contributed by atoms with Crippen LogP contribution in [0, 0.1) is 5.92 Å². The highest BCUT2D eigenvalue weighted by molar-refractivity contribution is 5.92. The topological polar surface area (TPSA) is 194 Å². The Labute approximate surface area is 157 Å². The van der Waals surface area contributed by atoms with Crippen molar-refractivity contribution in [3.8, 4) is 0 Å². The van der Waals surface area contributed by atoms with Gasteiger partial charge in [0.05, 0.1) is 12.6 Å². The molecule has 0 aliphatic carbocycles. The standard InChI is InChI=1S/C16H29N5O6/c1-4-8(2)13(16(26)27)21-12(23)7-19-15(25)10(5-6-11(18)22)20-14(24)9(3)17/h8-10,13H,4-7,17H2,1-3H3,(H2,18,22)(H,19,25)(H,20,24)(H,21,23)(H,26,27). The summed E-state index contributed by atoms with van der Waals surface area (Å²) in [6.07, 6.45) is 0.326. The number of rotatable bonds is 12. The maximum absolute atomic E-state index is 12.2. The fraction of sp³-hybridized carbons (Fsp3) is 0.688. The largest absolute Gasteiger partial charge is 0.480 e. The molecule has 11 heteroatoms. The molecule has 0 saturated heterocycles. The van der Waals surface area contributed by atoms with Gasteiger partial charge in [-0.25, -0.2) is 4.79 Å². The lowest BCUT2D eigenvalue weighted by Crippen LogP contribution is -2.53. The van der Waals surface area contributed by atoms with E-state index in [1.807, 2.05) is 0 Å². The van der Waals surface area contributed by atoms with Crippen molar-refractivity contribution in [3.63, 3.8) is 0 Å². The van der Waals surface area contributed by atoms with Crippen LogP contribution in [0.2, 0.25) is 0 Å². The van der Waals surface area contributed by atoms with Gasteiger partial charge in [0.25, 0.3) is 0 Å². The Morgan fingerprint density at radius 3 is 2.07 bits per heavy atom. The van der Waals surface area contributed by atoms with E-state index in [0.29, 0.717) is 6.42 Å². The third-order valence-electron chi connectivity index (χ3n) is 3.94. The minimum atomic E-state index is -1.17. The monoisotopic (exact) mass is 387 g/mol. The first-order valence-electron chi connectivity index (χ1n) is 8.63. The van der Waals surface area contributed by atoms with Crippen LogP contribution in [0.4, 0.5) is 0 Å². The van der Waals surface area contributed by atoms with Gasteiger partial charge in [0.1, 0.15) is 12.1 Å². The minimum absolute atomic E-state index is 0.0636.